The first kappa shape index (κ1) is 23.9. The van der Waals surface area contributed by atoms with Crippen molar-refractivity contribution in [2.45, 2.75) is 65.0 Å². The maximum atomic E-state index is 14.0. The molecular weight excluding hydrogens is 434 g/mol. The van der Waals surface area contributed by atoms with Gasteiger partial charge in [0.05, 0.1) is 11.0 Å². The number of para-hydroxylation sites is 2. The maximum absolute atomic E-state index is 14.0. The summed E-state index contributed by atoms with van der Waals surface area (Å²) >= 11 is 0. The van der Waals surface area contributed by atoms with Crippen LogP contribution in [0.5, 0.6) is 0 Å². The van der Waals surface area contributed by atoms with E-state index in [0.717, 1.165) is 53.8 Å². The number of carbonyl (C=O) groups is 1. The number of hydrogen-bond donors (Lipinski definition) is 0. The van der Waals surface area contributed by atoms with Crippen LogP contribution in [0.1, 0.15) is 58.9 Å². The van der Waals surface area contributed by atoms with Crippen molar-refractivity contribution in [1.82, 2.24) is 9.55 Å². The predicted octanol–water partition coefficient (Wildman–Crippen LogP) is 6.72. The number of benzene rings is 2. The second-order valence-corrected chi connectivity index (χ2v) is 11.3. The van der Waals surface area contributed by atoms with Crippen molar-refractivity contribution in [3.05, 3.63) is 48.5 Å². The minimum atomic E-state index is -0.337. The van der Waals surface area contributed by atoms with Crippen molar-refractivity contribution in [3.63, 3.8) is 0 Å². The van der Waals surface area contributed by atoms with Crippen LogP contribution in [0.4, 0.5) is 5.69 Å². The summed E-state index contributed by atoms with van der Waals surface area (Å²) in [6, 6.07) is 16.3. The van der Waals surface area contributed by atoms with Crippen LogP contribution in [0.25, 0.3) is 22.4 Å². The van der Waals surface area contributed by atoms with Crippen LogP contribution < -0.4 is 4.90 Å². The molecule has 0 radical (unpaired) electrons. The first-order valence-electron chi connectivity index (χ1n) is 13.3. The highest BCUT2D eigenvalue weighted by atomic mass is 16.5. The zero-order valence-electron chi connectivity index (χ0n) is 21.8. The van der Waals surface area contributed by atoms with Crippen molar-refractivity contribution in [2.24, 2.45) is 23.7 Å². The maximum Gasteiger partial charge on any atom is 0.329 e. The van der Waals surface area contributed by atoms with Crippen molar-refractivity contribution in [3.8, 4) is 11.4 Å². The van der Waals surface area contributed by atoms with Gasteiger partial charge < -0.3 is 14.2 Å². The number of imidazole rings is 1. The molecule has 186 valence electrons. The molecule has 1 aromatic heterocycles. The topological polar surface area (TPSA) is 47.4 Å². The molecule has 35 heavy (non-hydrogen) atoms. The molecule has 0 aliphatic heterocycles. The number of esters is 1. The van der Waals surface area contributed by atoms with Crippen molar-refractivity contribution in [1.29, 1.82) is 0 Å². The summed E-state index contributed by atoms with van der Waals surface area (Å²) in [5.74, 6) is 2.63. The summed E-state index contributed by atoms with van der Waals surface area (Å²) in [6.45, 7) is 6.81. The number of carbonyl (C=O) groups excluding carboxylic acids is 1. The van der Waals surface area contributed by atoms with Crippen LogP contribution >= 0.6 is 0 Å². The lowest BCUT2D eigenvalue weighted by molar-refractivity contribution is -0.160. The lowest BCUT2D eigenvalue weighted by atomic mass is 9.75. The van der Waals surface area contributed by atoms with Gasteiger partial charge in [-0.1, -0.05) is 39.3 Å². The first-order chi connectivity index (χ1) is 16.8. The largest absolute Gasteiger partial charge is 0.461 e. The van der Waals surface area contributed by atoms with Gasteiger partial charge in [-0.15, -0.1) is 0 Å². The summed E-state index contributed by atoms with van der Waals surface area (Å²) < 4.78 is 8.60. The van der Waals surface area contributed by atoms with Crippen LogP contribution in [0.3, 0.4) is 0 Å². The standard InChI is InChI=1S/C30H39N3O2/c1-19(2)24-17-10-20(3)18-27(24)35-30(34)28(21-11-12-21)33-26-9-7-6-8-25(26)31-29(33)22-13-15-23(16-14-22)32(4)5/h6-9,13-16,19-21,24,27-28H,10-12,17-18H2,1-5H3/t20-,24+,27?,28-/m1/s1. The van der Waals surface area contributed by atoms with Crippen LogP contribution in [0.15, 0.2) is 48.5 Å². The van der Waals surface area contributed by atoms with Gasteiger partial charge in [0.2, 0.25) is 0 Å². The third-order valence-corrected chi connectivity index (χ3v) is 8.05. The van der Waals surface area contributed by atoms with Crippen LogP contribution in [-0.2, 0) is 9.53 Å². The van der Waals surface area contributed by atoms with E-state index in [2.05, 4.69) is 60.6 Å². The summed E-state index contributed by atoms with van der Waals surface area (Å²) in [5.41, 5.74) is 4.09. The van der Waals surface area contributed by atoms with Gasteiger partial charge in [0.25, 0.3) is 0 Å². The quantitative estimate of drug-likeness (QED) is 0.357. The van der Waals surface area contributed by atoms with Crippen molar-refractivity contribution >= 4 is 22.7 Å². The van der Waals surface area contributed by atoms with E-state index in [1.54, 1.807) is 0 Å². The van der Waals surface area contributed by atoms with Gasteiger partial charge >= 0.3 is 5.97 Å². The fraction of sp³-hybridized carbons (Fsp3) is 0.533. The summed E-state index contributed by atoms with van der Waals surface area (Å²) in [5, 5.41) is 0. The zero-order valence-corrected chi connectivity index (χ0v) is 21.8. The molecule has 2 aromatic carbocycles. The Morgan fingerprint density at radius 1 is 1.03 bits per heavy atom. The Hall–Kier alpha value is -2.82. The number of hydrogen-bond acceptors (Lipinski definition) is 4. The van der Waals surface area contributed by atoms with E-state index in [1.165, 1.54) is 6.42 Å². The number of aromatic nitrogens is 2. The third-order valence-electron chi connectivity index (χ3n) is 8.05. The van der Waals surface area contributed by atoms with E-state index in [0.29, 0.717) is 23.7 Å². The highest BCUT2D eigenvalue weighted by Gasteiger charge is 2.43. The van der Waals surface area contributed by atoms with Gasteiger partial charge in [-0.3, -0.25) is 0 Å². The second-order valence-electron chi connectivity index (χ2n) is 11.3. The fourth-order valence-electron chi connectivity index (χ4n) is 5.83. The Bertz CT molecular complexity index is 1180. The molecule has 2 aliphatic rings. The van der Waals surface area contributed by atoms with E-state index in [-0.39, 0.29) is 18.1 Å². The Morgan fingerprint density at radius 3 is 2.40 bits per heavy atom. The third kappa shape index (κ3) is 4.82. The Kier molecular flexibility index (Phi) is 6.61. The van der Waals surface area contributed by atoms with E-state index >= 15 is 0 Å². The molecule has 1 unspecified atom stereocenters. The van der Waals surface area contributed by atoms with Crippen molar-refractivity contribution in [2.75, 3.05) is 19.0 Å². The van der Waals surface area contributed by atoms with E-state index in [1.807, 2.05) is 32.3 Å². The average molecular weight is 474 g/mol. The minimum Gasteiger partial charge on any atom is -0.461 e. The summed E-state index contributed by atoms with van der Waals surface area (Å²) in [6.07, 6.45) is 5.45. The lowest BCUT2D eigenvalue weighted by Crippen LogP contribution is -2.38. The highest BCUT2D eigenvalue weighted by Crippen LogP contribution is 2.45. The van der Waals surface area contributed by atoms with Gasteiger partial charge in [-0.2, -0.15) is 0 Å². The van der Waals surface area contributed by atoms with Gasteiger partial charge in [0, 0.05) is 25.3 Å². The molecule has 4 atom stereocenters. The van der Waals surface area contributed by atoms with Gasteiger partial charge in [-0.25, -0.2) is 9.78 Å². The van der Waals surface area contributed by atoms with Crippen LogP contribution in [0, 0.1) is 23.7 Å². The van der Waals surface area contributed by atoms with Crippen molar-refractivity contribution < 1.29 is 9.53 Å². The predicted molar refractivity (Wildman–Crippen MR) is 142 cm³/mol. The second kappa shape index (κ2) is 9.67. The normalized spacial score (nSPS) is 23.4. The van der Waals surface area contributed by atoms with Gasteiger partial charge in [0.1, 0.15) is 18.0 Å². The Labute approximate surface area is 209 Å². The van der Waals surface area contributed by atoms with E-state index < -0.39 is 0 Å². The number of nitrogens with zero attached hydrogens (tertiary/aromatic N) is 3. The number of anilines is 1. The molecule has 0 spiro atoms. The first-order valence-corrected chi connectivity index (χ1v) is 13.3. The molecule has 0 amide bonds. The SMILES string of the molecule is CC(C)[C@@H]1CC[C@@H](C)CC1OC(=O)[C@@H](C1CC1)n1c(-c2ccc(N(C)C)cc2)nc2ccccc21. The molecule has 5 heteroatoms. The van der Waals surface area contributed by atoms with Crippen LogP contribution in [0.2, 0.25) is 0 Å². The van der Waals surface area contributed by atoms with E-state index in [9.17, 15) is 4.79 Å². The molecule has 0 N–H and O–H groups in total. The van der Waals surface area contributed by atoms with Gasteiger partial charge in [0.15, 0.2) is 0 Å². The smallest absolute Gasteiger partial charge is 0.329 e. The molecule has 3 aromatic rings. The summed E-state index contributed by atoms with van der Waals surface area (Å²) in [4.78, 5) is 21.1. The van der Waals surface area contributed by atoms with Crippen LogP contribution in [-0.4, -0.2) is 35.7 Å². The molecule has 0 bridgehead atoms. The zero-order chi connectivity index (χ0) is 24.7. The fourth-order valence-corrected chi connectivity index (χ4v) is 5.83. The molecular formula is C30H39N3O2. The number of rotatable bonds is 7. The molecule has 1 heterocycles. The molecule has 5 nitrogen and oxygen atoms in total. The molecule has 5 rings (SSSR count). The molecule has 0 saturated heterocycles. The lowest BCUT2D eigenvalue weighted by Gasteiger charge is -2.37. The highest BCUT2D eigenvalue weighted by molar-refractivity contribution is 5.85. The Balaban J connectivity index is 1.54. The molecule has 2 saturated carbocycles. The summed E-state index contributed by atoms with van der Waals surface area (Å²) in [7, 11) is 4.08. The monoisotopic (exact) mass is 473 g/mol. The average Bonchev–Trinajstić information content (AvgIpc) is 3.59. The van der Waals surface area contributed by atoms with E-state index in [4.69, 9.17) is 9.72 Å². The molecule has 2 fully saturated rings. The number of fused-ring (bicyclic) bond motifs is 1. The Morgan fingerprint density at radius 2 is 1.74 bits per heavy atom. The van der Waals surface area contributed by atoms with Gasteiger partial charge in [-0.05, 0) is 85.8 Å². The number of ether oxygens (including phenoxy) is 1. The minimum absolute atomic E-state index is 0.00473. The molecule has 2 aliphatic carbocycles.